The van der Waals surface area contributed by atoms with Gasteiger partial charge >= 0.3 is 43.5 Å². The Hall–Kier alpha value is -3.94. The molecule has 0 aliphatic carbocycles. The minimum absolute atomic E-state index is 0.00924. The number of nitrogens with zero attached hydrogens (tertiary/aromatic N) is 2. The van der Waals surface area contributed by atoms with E-state index in [4.69, 9.17) is 58.1 Å². The highest BCUT2D eigenvalue weighted by Gasteiger charge is 2.21. The van der Waals surface area contributed by atoms with Crippen LogP contribution in [-0.2, 0) is 93.7 Å². The molecule has 0 aromatic carbocycles. The van der Waals surface area contributed by atoms with E-state index in [1.165, 1.54) is 56.8 Å². The van der Waals surface area contributed by atoms with Crippen molar-refractivity contribution in [2.45, 2.75) is 205 Å². The van der Waals surface area contributed by atoms with Crippen molar-refractivity contribution < 1.29 is 142 Å². The first-order valence-corrected chi connectivity index (χ1v) is 52.3. The number of phosphoric ester groups is 4. The van der Waals surface area contributed by atoms with Crippen molar-refractivity contribution in [1.29, 1.82) is 0 Å². The number of rotatable bonds is 85. The second-order valence-corrected chi connectivity index (χ2v) is 37.0. The van der Waals surface area contributed by atoms with Crippen molar-refractivity contribution in [2.75, 3.05) is 191 Å². The van der Waals surface area contributed by atoms with E-state index >= 15 is 0 Å². The third-order valence-corrected chi connectivity index (χ3v) is 23.2. The third-order valence-electron chi connectivity index (χ3n) is 16.9. The van der Waals surface area contributed by atoms with Gasteiger partial charge in [0, 0.05) is 104 Å². The summed E-state index contributed by atoms with van der Waals surface area (Å²) in [5.41, 5.74) is 0. The van der Waals surface area contributed by atoms with E-state index in [1.807, 2.05) is 0 Å². The molecule has 0 saturated heterocycles. The maximum absolute atomic E-state index is 13.4. The molecule has 0 atom stereocenters. The number of unbranched alkanes of at least 4 members (excludes halogenated alkanes) is 20. The van der Waals surface area contributed by atoms with Gasteiger partial charge in [-0.25, -0.2) is 27.8 Å². The van der Waals surface area contributed by atoms with Crippen molar-refractivity contribution in [3.63, 3.8) is 0 Å². The van der Waals surface area contributed by atoms with Crippen LogP contribution in [0.4, 0.5) is 9.59 Å². The predicted octanol–water partition coefficient (Wildman–Crippen LogP) is 6.68. The van der Waals surface area contributed by atoms with Crippen molar-refractivity contribution in [3.05, 3.63) is 0 Å². The van der Waals surface area contributed by atoms with Gasteiger partial charge in [0.15, 0.2) is 0 Å². The molecule has 0 aromatic rings. The molecule has 0 bridgehead atoms. The minimum atomic E-state index is -4.46. The van der Waals surface area contributed by atoms with Gasteiger partial charge in [-0.3, -0.25) is 56.5 Å². The average molecular weight is 1880 g/mol. The zero-order valence-electron chi connectivity index (χ0n) is 69.7. The Morgan fingerprint density at radius 3 is 0.658 bits per heavy atom. The first-order chi connectivity index (χ1) is 57.3. The van der Waals surface area contributed by atoms with Gasteiger partial charge in [0.2, 0.25) is 47.3 Å². The molecule has 16 N–H and O–H groups in total. The molecule has 10 amide bonds. The monoisotopic (exact) mass is 1880 g/mol. The fourth-order valence-corrected chi connectivity index (χ4v) is 15.5. The van der Waals surface area contributed by atoms with Crippen molar-refractivity contribution in [2.24, 2.45) is 0 Å². The van der Waals surface area contributed by atoms with Gasteiger partial charge in [-0.1, -0.05) is 77.0 Å². The van der Waals surface area contributed by atoms with Gasteiger partial charge in [-0.05, 0) is 126 Å². The third kappa shape index (κ3) is 87.5. The van der Waals surface area contributed by atoms with E-state index in [1.54, 1.807) is 0 Å². The smallest absolute Gasteiger partial charge is 0.447 e. The first-order valence-electron chi connectivity index (χ1n) is 41.6. The van der Waals surface area contributed by atoms with Crippen LogP contribution in [0.2, 0.25) is 0 Å². The lowest BCUT2D eigenvalue weighted by atomic mass is 10.2. The van der Waals surface area contributed by atoms with E-state index in [9.17, 15) is 66.2 Å². The summed E-state index contributed by atoms with van der Waals surface area (Å²) < 4.78 is 83.0. The van der Waals surface area contributed by atoms with Gasteiger partial charge in [0.25, 0.3) is 0 Å². The number of carbonyl (C=O) groups excluding carboxylic acids is 10. The lowest BCUT2D eigenvalue weighted by Crippen LogP contribution is -2.43. The molecule has 0 unspecified atom stereocenters. The topological polar surface area (TPSA) is 577 Å². The number of phosphoric acid groups is 4. The highest BCUT2D eigenvalue weighted by Crippen LogP contribution is 2.38. The Kier molecular flexibility index (Phi) is 76.0. The number of hydrogen-bond acceptors (Lipinski definition) is 26. The quantitative estimate of drug-likeness (QED) is 0.0223. The average Bonchev–Trinajstić information content (AvgIpc) is 0.931. The molecule has 0 aliphatic heterocycles. The molecule has 0 fully saturated rings. The predicted molar refractivity (Wildman–Crippen MR) is 461 cm³/mol. The van der Waals surface area contributed by atoms with Crippen LogP contribution in [0.3, 0.4) is 0 Å². The van der Waals surface area contributed by atoms with Crippen LogP contribution in [-0.4, -0.2) is 299 Å². The minimum Gasteiger partial charge on any atom is -0.447 e. The molecule has 0 aliphatic rings. The molecule has 0 saturated carbocycles. The number of nitrogens with one attached hydrogen (secondary N) is 8. The summed E-state index contributed by atoms with van der Waals surface area (Å²) in [6.07, 6.45) is 19.1. The molecule has 0 aromatic heterocycles. The van der Waals surface area contributed by atoms with Crippen molar-refractivity contribution in [1.82, 2.24) is 52.3 Å². The number of hydrogen-bond donors (Lipinski definition) is 16. The largest absolute Gasteiger partial charge is 0.469 e. The van der Waals surface area contributed by atoms with Crippen LogP contribution in [0.5, 0.6) is 0 Å². The van der Waals surface area contributed by atoms with Crippen LogP contribution >= 0.6 is 78.3 Å². The highest BCUT2D eigenvalue weighted by atomic mass is 32.2. The zero-order valence-corrected chi connectivity index (χ0v) is 76.6. The summed E-state index contributed by atoms with van der Waals surface area (Å²) in [7, 11) is -17.8. The van der Waals surface area contributed by atoms with E-state index in [0.717, 1.165) is 100 Å². The molecule has 48 heteroatoms. The van der Waals surface area contributed by atoms with Crippen LogP contribution in [0.15, 0.2) is 0 Å². The van der Waals surface area contributed by atoms with Gasteiger partial charge in [0.05, 0.1) is 75.9 Å². The van der Waals surface area contributed by atoms with Gasteiger partial charge in [-0.15, -0.1) is 0 Å². The van der Waals surface area contributed by atoms with Crippen molar-refractivity contribution >= 4 is 138 Å². The Bertz CT molecular complexity index is 2590. The fraction of sp³-hybridized carbons (Fsp3) is 0.861. The van der Waals surface area contributed by atoms with Crippen molar-refractivity contribution in [3.8, 4) is 0 Å². The molecule has 702 valence electrons. The summed E-state index contributed by atoms with van der Waals surface area (Å²) in [6, 6.07) is 0. The maximum atomic E-state index is 13.4. The molecule has 120 heavy (non-hydrogen) atoms. The van der Waals surface area contributed by atoms with Gasteiger partial charge in [0.1, 0.15) is 13.2 Å². The molecule has 0 spiro atoms. The normalized spacial score (nSPS) is 11.7. The molecule has 0 rings (SSSR count). The molecule has 40 nitrogen and oxygen atoms in total. The van der Waals surface area contributed by atoms with E-state index in [-0.39, 0.29) is 191 Å². The summed E-state index contributed by atoms with van der Waals surface area (Å²) in [6.45, 7) is 2.27. The maximum Gasteiger partial charge on any atom is 0.469 e. The molecule has 0 heterocycles. The molecule has 0 radical (unpaired) electrons. The van der Waals surface area contributed by atoms with Crippen LogP contribution < -0.4 is 42.5 Å². The highest BCUT2D eigenvalue weighted by molar-refractivity contribution is 8.00. The van der Waals surface area contributed by atoms with Crippen LogP contribution in [0.1, 0.15) is 205 Å². The SMILES string of the molecule is O=C(CCCCCNC(=O)CSCCCCCCOP(=O)(O)O)NCCN(CCNC(=O)CCCCCNC(=O)CSCCCCCCOP(=O)(O)O)C(=O)OCCOCCOCCOC(=O)N(CCNC(=O)CCCCCNC(=O)CSCCCCCCOP(=O)(O)O)CCNC(=O)CCCCCNC(=O)CSCCCCCCOP(=O)(O)O. The number of ether oxygens (including phenoxy) is 4. The second-order valence-electron chi connectivity index (χ2n) is 27.6. The van der Waals surface area contributed by atoms with E-state index < -0.39 is 43.5 Å². The summed E-state index contributed by atoms with van der Waals surface area (Å²) in [5, 5.41) is 22.8. The Morgan fingerprint density at radius 1 is 0.233 bits per heavy atom. The van der Waals surface area contributed by atoms with Gasteiger partial charge < -0.3 is 110 Å². The lowest BCUT2D eigenvalue weighted by Gasteiger charge is -2.23. The van der Waals surface area contributed by atoms with E-state index in [2.05, 4.69) is 60.6 Å². The molecular formula is C72H140N10O30P4S4. The lowest BCUT2D eigenvalue weighted by molar-refractivity contribution is -0.122. The first kappa shape index (κ1) is 116. The Balaban J connectivity index is 5.19. The standard InChI is InChI=1S/C72H140N10O30P4S4/c83-63(29-13-9-17-33-73-67(87)59-117-55-25-5-1-21-45-109-113(93,94)95)77-37-41-81(42-38-78-64(84)30-14-10-18-34-74-68(88)60-118-56-26-6-2-22-46-110-114(96,97)98)71(91)107-53-51-105-49-50-106-52-54-108-72(92)82(43-39-79-65(85)31-15-11-19-35-75-69(89)61-119-57-27-7-3-23-47-111-115(99,100)101)44-40-80-66(86)32-16-12-20-36-76-70(90)62-120-58-28-8-4-24-48-112-116(102,103)104/h1-62H2,(H,73,87)(H,74,88)(H,75,89)(H,76,90)(H,77,83)(H,78,84)(H,79,85)(H,80,86)(H2,93,94,95)(H2,96,97,98)(H2,99,100,101)(H2,102,103,104). The Morgan fingerprint density at radius 2 is 0.433 bits per heavy atom. The summed E-state index contributed by atoms with van der Waals surface area (Å²) in [4.78, 5) is 200. The Labute approximate surface area is 724 Å². The summed E-state index contributed by atoms with van der Waals surface area (Å²) >= 11 is 6.00. The second kappa shape index (κ2) is 78.5. The summed E-state index contributed by atoms with van der Waals surface area (Å²) in [5.74, 6) is 2.99. The van der Waals surface area contributed by atoms with Crippen LogP contribution in [0, 0.1) is 0 Å². The number of thioether (sulfide) groups is 4. The number of carbonyl (C=O) groups is 10. The zero-order chi connectivity index (χ0) is 88.9. The molecular weight excluding hydrogens is 1740 g/mol. The van der Waals surface area contributed by atoms with Gasteiger partial charge in [-0.2, -0.15) is 47.0 Å². The van der Waals surface area contributed by atoms with E-state index in [0.29, 0.717) is 152 Å². The fourth-order valence-electron chi connectivity index (χ4n) is 10.6. The van der Waals surface area contributed by atoms with Crippen LogP contribution in [0.25, 0.3) is 0 Å². The number of amides is 10.